The van der Waals surface area contributed by atoms with Gasteiger partial charge in [-0.25, -0.2) is 0 Å². The molecule has 0 aliphatic carbocycles. The lowest BCUT2D eigenvalue weighted by Gasteiger charge is -2.37. The molecule has 112 valence electrons. The maximum atomic E-state index is 6.49. The molecule has 1 aromatic carbocycles. The highest BCUT2D eigenvalue weighted by molar-refractivity contribution is 6.33. The van der Waals surface area contributed by atoms with Crippen LogP contribution in [0.1, 0.15) is 39.7 Å². The molecule has 1 aliphatic rings. The summed E-state index contributed by atoms with van der Waals surface area (Å²) in [4.78, 5) is 2.44. The number of benzene rings is 1. The number of piperidine rings is 1. The highest BCUT2D eigenvalue weighted by Gasteiger charge is 2.23. The molecule has 2 unspecified atom stereocenters. The summed E-state index contributed by atoms with van der Waals surface area (Å²) in [5.74, 6) is 1.56. The topological polar surface area (TPSA) is 15.3 Å². The smallest absolute Gasteiger partial charge is 0.0642 e. The van der Waals surface area contributed by atoms with E-state index < -0.39 is 0 Å². The van der Waals surface area contributed by atoms with Gasteiger partial charge in [0, 0.05) is 25.7 Å². The van der Waals surface area contributed by atoms with Crippen molar-refractivity contribution in [3.05, 3.63) is 28.8 Å². The van der Waals surface area contributed by atoms with Crippen molar-refractivity contribution in [1.82, 2.24) is 5.32 Å². The minimum atomic E-state index is 0.498. The molecule has 2 nitrogen and oxygen atoms in total. The van der Waals surface area contributed by atoms with Crippen molar-refractivity contribution in [3.63, 3.8) is 0 Å². The first-order chi connectivity index (χ1) is 9.47. The SMILES string of the molecule is CC(C)NCc1ccc(N2CCC(C)C(C)C2)c(Cl)c1. The van der Waals surface area contributed by atoms with E-state index in [2.05, 4.69) is 56.1 Å². The quantitative estimate of drug-likeness (QED) is 0.889. The van der Waals surface area contributed by atoms with E-state index in [1.54, 1.807) is 0 Å². The predicted octanol–water partition coefficient (Wildman–Crippen LogP) is 4.32. The Morgan fingerprint density at radius 3 is 2.65 bits per heavy atom. The summed E-state index contributed by atoms with van der Waals surface area (Å²) in [5.41, 5.74) is 2.45. The zero-order valence-electron chi connectivity index (χ0n) is 13.1. The normalized spacial score (nSPS) is 23.4. The Labute approximate surface area is 128 Å². The van der Waals surface area contributed by atoms with Gasteiger partial charge in [0.1, 0.15) is 0 Å². The van der Waals surface area contributed by atoms with Crippen LogP contribution in [0.4, 0.5) is 5.69 Å². The molecular formula is C17H27ClN2. The minimum absolute atomic E-state index is 0.498. The molecule has 1 N–H and O–H groups in total. The van der Waals surface area contributed by atoms with E-state index in [4.69, 9.17) is 11.6 Å². The minimum Gasteiger partial charge on any atom is -0.370 e. The van der Waals surface area contributed by atoms with Crippen molar-refractivity contribution in [2.45, 2.75) is 46.7 Å². The summed E-state index contributed by atoms with van der Waals surface area (Å²) in [6.45, 7) is 12.1. The van der Waals surface area contributed by atoms with Crippen molar-refractivity contribution in [2.75, 3.05) is 18.0 Å². The molecule has 0 amide bonds. The summed E-state index contributed by atoms with van der Waals surface area (Å²) < 4.78 is 0. The number of halogens is 1. The average Bonchev–Trinajstić information content (AvgIpc) is 2.40. The van der Waals surface area contributed by atoms with Crippen LogP contribution in [0.25, 0.3) is 0 Å². The summed E-state index contributed by atoms with van der Waals surface area (Å²) in [6, 6.07) is 6.98. The second-order valence-electron chi connectivity index (χ2n) is 6.51. The van der Waals surface area contributed by atoms with Crippen LogP contribution in [0.3, 0.4) is 0 Å². The van der Waals surface area contributed by atoms with Gasteiger partial charge in [-0.05, 0) is 36.0 Å². The highest BCUT2D eigenvalue weighted by atomic mass is 35.5. The van der Waals surface area contributed by atoms with Crippen LogP contribution < -0.4 is 10.2 Å². The van der Waals surface area contributed by atoms with Crippen molar-refractivity contribution >= 4 is 17.3 Å². The Hall–Kier alpha value is -0.730. The monoisotopic (exact) mass is 294 g/mol. The molecule has 2 atom stereocenters. The van der Waals surface area contributed by atoms with E-state index in [9.17, 15) is 0 Å². The van der Waals surface area contributed by atoms with E-state index in [1.165, 1.54) is 17.7 Å². The van der Waals surface area contributed by atoms with E-state index >= 15 is 0 Å². The highest BCUT2D eigenvalue weighted by Crippen LogP contribution is 2.32. The Kier molecular flexibility index (Phi) is 5.34. The first kappa shape index (κ1) is 15.7. The molecule has 0 spiro atoms. The lowest BCUT2D eigenvalue weighted by atomic mass is 9.88. The van der Waals surface area contributed by atoms with Crippen LogP contribution in [-0.2, 0) is 6.54 Å². The molecule has 1 heterocycles. The number of anilines is 1. The number of nitrogens with zero attached hydrogens (tertiary/aromatic N) is 1. The fraction of sp³-hybridized carbons (Fsp3) is 0.647. The fourth-order valence-electron chi connectivity index (χ4n) is 2.72. The zero-order chi connectivity index (χ0) is 14.7. The average molecular weight is 295 g/mol. The van der Waals surface area contributed by atoms with Crippen molar-refractivity contribution in [2.24, 2.45) is 11.8 Å². The second-order valence-corrected chi connectivity index (χ2v) is 6.92. The molecule has 1 aliphatic heterocycles. The van der Waals surface area contributed by atoms with Gasteiger partial charge in [-0.2, -0.15) is 0 Å². The van der Waals surface area contributed by atoms with Crippen molar-refractivity contribution in [1.29, 1.82) is 0 Å². The summed E-state index contributed by atoms with van der Waals surface area (Å²) in [7, 11) is 0. The second kappa shape index (κ2) is 6.82. The molecule has 0 bridgehead atoms. The van der Waals surface area contributed by atoms with Crippen LogP contribution in [0.5, 0.6) is 0 Å². The third-order valence-electron chi connectivity index (χ3n) is 4.40. The maximum absolute atomic E-state index is 6.49. The van der Waals surface area contributed by atoms with E-state index in [1.807, 2.05) is 0 Å². The molecule has 0 saturated carbocycles. The van der Waals surface area contributed by atoms with E-state index in [0.717, 1.165) is 36.5 Å². The van der Waals surface area contributed by atoms with Gasteiger partial charge in [-0.15, -0.1) is 0 Å². The first-order valence-corrected chi connectivity index (χ1v) is 8.12. The standard InChI is InChI=1S/C17H27ClN2/c1-12(2)19-10-15-5-6-17(16(18)9-15)20-8-7-13(3)14(4)11-20/h5-6,9,12-14,19H,7-8,10-11H2,1-4H3. The van der Waals surface area contributed by atoms with Gasteiger partial charge in [-0.1, -0.05) is 45.4 Å². The van der Waals surface area contributed by atoms with Gasteiger partial charge < -0.3 is 10.2 Å². The van der Waals surface area contributed by atoms with E-state index in [0.29, 0.717) is 6.04 Å². The predicted molar refractivity (Wildman–Crippen MR) is 88.6 cm³/mol. The molecule has 1 aromatic rings. The Morgan fingerprint density at radius 2 is 2.05 bits per heavy atom. The Morgan fingerprint density at radius 1 is 1.30 bits per heavy atom. The fourth-order valence-corrected chi connectivity index (χ4v) is 3.04. The molecule has 0 aromatic heterocycles. The van der Waals surface area contributed by atoms with Gasteiger partial charge >= 0.3 is 0 Å². The number of nitrogens with one attached hydrogen (secondary N) is 1. The molecular weight excluding hydrogens is 268 g/mol. The van der Waals surface area contributed by atoms with Crippen molar-refractivity contribution < 1.29 is 0 Å². The summed E-state index contributed by atoms with van der Waals surface area (Å²) in [5, 5.41) is 4.31. The van der Waals surface area contributed by atoms with Crippen LogP contribution in [-0.4, -0.2) is 19.1 Å². The lowest BCUT2D eigenvalue weighted by molar-refractivity contribution is 0.324. The van der Waals surface area contributed by atoms with E-state index in [-0.39, 0.29) is 0 Å². The molecule has 1 fully saturated rings. The number of rotatable bonds is 4. The van der Waals surface area contributed by atoms with Crippen LogP contribution in [0.2, 0.25) is 5.02 Å². The summed E-state index contributed by atoms with van der Waals surface area (Å²) >= 11 is 6.49. The third kappa shape index (κ3) is 3.89. The number of hydrogen-bond donors (Lipinski definition) is 1. The number of hydrogen-bond acceptors (Lipinski definition) is 2. The van der Waals surface area contributed by atoms with Gasteiger partial charge in [0.25, 0.3) is 0 Å². The van der Waals surface area contributed by atoms with Gasteiger partial charge in [0.15, 0.2) is 0 Å². The van der Waals surface area contributed by atoms with Crippen LogP contribution in [0, 0.1) is 11.8 Å². The first-order valence-electron chi connectivity index (χ1n) is 7.74. The largest absolute Gasteiger partial charge is 0.370 e. The zero-order valence-corrected chi connectivity index (χ0v) is 13.9. The third-order valence-corrected chi connectivity index (χ3v) is 4.70. The van der Waals surface area contributed by atoms with Crippen LogP contribution >= 0.6 is 11.6 Å². The molecule has 1 saturated heterocycles. The molecule has 3 heteroatoms. The molecule has 2 rings (SSSR count). The Balaban J connectivity index is 2.06. The molecule has 0 radical (unpaired) electrons. The van der Waals surface area contributed by atoms with Crippen LogP contribution in [0.15, 0.2) is 18.2 Å². The Bertz CT molecular complexity index is 445. The maximum Gasteiger partial charge on any atom is 0.0642 e. The summed E-state index contributed by atoms with van der Waals surface area (Å²) in [6.07, 6.45) is 1.26. The lowest BCUT2D eigenvalue weighted by Crippen LogP contribution is -2.38. The van der Waals surface area contributed by atoms with Gasteiger partial charge in [-0.3, -0.25) is 0 Å². The molecule has 20 heavy (non-hydrogen) atoms. The van der Waals surface area contributed by atoms with Crippen molar-refractivity contribution in [3.8, 4) is 0 Å². The van der Waals surface area contributed by atoms with Gasteiger partial charge in [0.05, 0.1) is 10.7 Å². The van der Waals surface area contributed by atoms with Gasteiger partial charge in [0.2, 0.25) is 0 Å².